The first-order valence-corrected chi connectivity index (χ1v) is 10.4. The molecule has 0 spiro atoms. The molecule has 0 aromatic carbocycles. The second kappa shape index (κ2) is 11.7. The van der Waals surface area contributed by atoms with Crippen molar-refractivity contribution >= 4 is 116 Å². The Morgan fingerprint density at radius 1 is 0.579 bits per heavy atom. The number of hydrogen-bond acceptors (Lipinski definition) is 10. The van der Waals surface area contributed by atoms with Crippen LogP contribution in [0.15, 0.2) is 0 Å². The van der Waals surface area contributed by atoms with Crippen molar-refractivity contribution in [2.24, 2.45) is 0 Å². The van der Waals surface area contributed by atoms with Crippen LogP contribution in [0.2, 0.25) is 0 Å². The van der Waals surface area contributed by atoms with Gasteiger partial charge in [0.2, 0.25) is 0 Å². The molecule has 19 heteroatoms. The number of rotatable bonds is 2. The molecule has 0 rings (SSSR count). The summed E-state index contributed by atoms with van der Waals surface area (Å²) in [5.41, 5.74) is 0. The van der Waals surface area contributed by atoms with Crippen molar-refractivity contribution in [2.75, 3.05) is 0 Å². The average Bonchev–Trinajstić information content (AvgIpc) is 1.77. The molecule has 0 unspecified atom stereocenters. The van der Waals surface area contributed by atoms with Gasteiger partial charge < -0.3 is 0 Å². The molecule has 110 valence electrons. The fourth-order valence-corrected chi connectivity index (χ4v) is 0. The summed E-state index contributed by atoms with van der Waals surface area (Å²) in [6.45, 7) is 0. The molecule has 2 N–H and O–H groups in total. The van der Waals surface area contributed by atoms with Gasteiger partial charge in [-0.25, -0.2) is 0 Å². The van der Waals surface area contributed by atoms with Gasteiger partial charge in [0.15, 0.2) is 0 Å². The Balaban J connectivity index is -0.0000000594. The maximum Gasteiger partial charge on any atom is 2.00 e. The van der Waals surface area contributed by atoms with E-state index >= 15 is 0 Å². The standard InChI is InChI=1S/2H2O6PS.3Pb/c2*1-7(2,3)8(4,5)6;;;/h2*7H,(H,4,5,6);;;/q2*-3;3*+2. The fourth-order valence-electron chi connectivity index (χ4n) is 0. The molecule has 0 bridgehead atoms. The van der Waals surface area contributed by atoms with Gasteiger partial charge in [-0.2, -0.15) is 0 Å². The van der Waals surface area contributed by atoms with Crippen LogP contribution in [0.25, 0.3) is 0 Å². The predicted octanol–water partition coefficient (Wildman–Crippen LogP) is -8.41. The molecule has 12 nitrogen and oxygen atoms in total. The molecular weight excluding hydrogens is 940 g/mol. The molecule has 0 aliphatic rings. The third-order valence-electron chi connectivity index (χ3n) is 0.632. The Kier molecular flexibility index (Phi) is 20.8. The van der Waals surface area contributed by atoms with Gasteiger partial charge in [0, 0.05) is 0 Å². The van der Waals surface area contributed by atoms with Gasteiger partial charge in [-0.05, 0) is 0 Å². The van der Waals surface area contributed by atoms with Gasteiger partial charge in [-0.1, -0.05) is 0 Å². The third-order valence-corrected chi connectivity index (χ3v) is 5.69. The van der Waals surface area contributed by atoms with E-state index in [1.165, 1.54) is 0 Å². The van der Waals surface area contributed by atoms with Crippen LogP contribution in [-0.4, -0.2) is 108 Å². The SMILES string of the molecule is O=S(=O)(O)[PH]([O-])([O-])[O-].O=S(=O)(O)[PH]([O-])([O-])[O-].[Pb+2].[Pb+2].[Pb+2]. The molecule has 6 radical (unpaired) electrons. The zero-order valence-corrected chi connectivity index (χ0v) is 23.6. The molecular formula is H4O12P2Pb3S2. The first-order valence-electron chi connectivity index (χ1n) is 2.66. The van der Waals surface area contributed by atoms with Crippen molar-refractivity contribution in [3.63, 3.8) is 0 Å². The van der Waals surface area contributed by atoms with Gasteiger partial charge in [-0.3, -0.25) is 0 Å². The zero-order chi connectivity index (χ0) is 14.0. The van der Waals surface area contributed by atoms with Gasteiger partial charge in [-0.15, -0.1) is 0 Å². The molecule has 0 aliphatic heterocycles. The van der Waals surface area contributed by atoms with Gasteiger partial charge >= 0.3 is 171 Å². The predicted molar refractivity (Wildman–Crippen MR) is 57.0 cm³/mol. The minimum atomic E-state index is -6.08. The zero-order valence-electron chi connectivity index (χ0n) is 8.29. The quantitative estimate of drug-likeness (QED) is 0.149. The van der Waals surface area contributed by atoms with Crippen LogP contribution in [-0.2, 0) is 19.5 Å². The molecule has 0 atom stereocenters. The summed E-state index contributed by atoms with van der Waals surface area (Å²) in [6, 6.07) is 0. The van der Waals surface area contributed by atoms with Crippen molar-refractivity contribution in [3.8, 4) is 0 Å². The minimum absolute atomic E-state index is 0. The summed E-state index contributed by atoms with van der Waals surface area (Å²) >= 11 is 0. The largest absolute Gasteiger partial charge is 2.00 e. The second-order valence-electron chi connectivity index (χ2n) is 1.95. The summed E-state index contributed by atoms with van der Waals surface area (Å²) in [5.74, 6) is 0. The van der Waals surface area contributed by atoms with Crippen LogP contribution < -0.4 is 29.4 Å². The summed E-state index contributed by atoms with van der Waals surface area (Å²) in [5, 5.41) is 0. The summed E-state index contributed by atoms with van der Waals surface area (Å²) in [4.78, 5) is 55.9. The molecule has 0 aromatic heterocycles. The Morgan fingerprint density at radius 3 is 0.632 bits per heavy atom. The van der Waals surface area contributed by atoms with E-state index in [9.17, 15) is 46.2 Å². The molecule has 0 heterocycles. The van der Waals surface area contributed by atoms with Crippen LogP contribution in [0.4, 0.5) is 0 Å². The minimum Gasteiger partial charge on any atom is 2.00 e. The van der Waals surface area contributed by atoms with Gasteiger partial charge in [0.1, 0.15) is 0 Å². The van der Waals surface area contributed by atoms with E-state index in [4.69, 9.17) is 9.11 Å². The maximum atomic E-state index is 9.33. The first kappa shape index (κ1) is 33.7. The van der Waals surface area contributed by atoms with Gasteiger partial charge in [0.05, 0.1) is 0 Å². The molecule has 0 saturated carbocycles. The molecule has 0 fully saturated rings. The Bertz CT molecular complexity index is 369. The van der Waals surface area contributed by atoms with E-state index in [1.807, 2.05) is 0 Å². The van der Waals surface area contributed by atoms with Crippen molar-refractivity contribution in [1.29, 1.82) is 0 Å². The Morgan fingerprint density at radius 2 is 0.632 bits per heavy atom. The monoisotopic (exact) mass is 946 g/mol. The van der Waals surface area contributed by atoms with Crippen molar-refractivity contribution in [3.05, 3.63) is 0 Å². The van der Waals surface area contributed by atoms with E-state index in [0.29, 0.717) is 0 Å². The summed E-state index contributed by atoms with van der Waals surface area (Å²) in [7, 11) is -22.9. The van der Waals surface area contributed by atoms with E-state index < -0.39 is 33.8 Å². The smallest absolute Gasteiger partial charge is 2.00 e. The maximum absolute atomic E-state index is 9.33. The topological polar surface area (TPSA) is 247 Å². The van der Waals surface area contributed by atoms with Crippen molar-refractivity contribution in [2.45, 2.75) is 0 Å². The van der Waals surface area contributed by atoms with Crippen LogP contribution in [0.1, 0.15) is 0 Å². The Labute approximate surface area is 168 Å². The van der Waals surface area contributed by atoms with Crippen LogP contribution in [0.3, 0.4) is 0 Å². The number of hydrogen-bond donors (Lipinski definition) is 2. The molecule has 0 aliphatic carbocycles. The van der Waals surface area contributed by atoms with Crippen molar-refractivity contribution < 1.29 is 55.3 Å². The molecule has 19 heavy (non-hydrogen) atoms. The van der Waals surface area contributed by atoms with Crippen molar-refractivity contribution in [1.82, 2.24) is 0 Å². The normalized spacial score (nSPS) is 13.5. The third kappa shape index (κ3) is 17.4. The average molecular weight is 944 g/mol. The first-order chi connectivity index (χ1) is 6.50. The van der Waals surface area contributed by atoms with Crippen LogP contribution in [0, 0.1) is 0 Å². The van der Waals surface area contributed by atoms with E-state index in [1.54, 1.807) is 0 Å². The molecule has 0 aromatic rings. The molecule has 0 saturated heterocycles. The fraction of sp³-hybridized carbons (Fsp3) is 0. The summed E-state index contributed by atoms with van der Waals surface area (Å²) in [6.07, 6.45) is 0. The van der Waals surface area contributed by atoms with E-state index in [0.717, 1.165) is 0 Å². The second-order valence-corrected chi connectivity index (χ2v) is 11.9. The molecule has 0 amide bonds. The van der Waals surface area contributed by atoms with E-state index in [2.05, 4.69) is 0 Å². The summed E-state index contributed by atoms with van der Waals surface area (Å²) < 4.78 is 52.2. The van der Waals surface area contributed by atoms with Crippen LogP contribution in [0.5, 0.6) is 0 Å². The Hall–Kier alpha value is 3.21. The van der Waals surface area contributed by atoms with Crippen LogP contribution >= 0.6 is 14.3 Å². The van der Waals surface area contributed by atoms with Gasteiger partial charge in [0.25, 0.3) is 0 Å². The van der Waals surface area contributed by atoms with E-state index in [-0.39, 0.29) is 81.9 Å².